The summed E-state index contributed by atoms with van der Waals surface area (Å²) in [5.41, 5.74) is 3.18. The van der Waals surface area contributed by atoms with Gasteiger partial charge < -0.3 is 0 Å². The molecule has 0 atom stereocenters. The Balaban J connectivity index is 1.48. The topological polar surface area (TPSA) is 12.9 Å². The third-order valence-electron chi connectivity index (χ3n) is 5.34. The van der Waals surface area contributed by atoms with Gasteiger partial charge in [0.1, 0.15) is 5.82 Å². The van der Waals surface area contributed by atoms with E-state index in [0.717, 1.165) is 35.9 Å². The Morgan fingerprint density at radius 3 is 2.44 bits per heavy atom. The third-order valence-corrected chi connectivity index (χ3v) is 5.34. The van der Waals surface area contributed by atoms with Gasteiger partial charge in [0, 0.05) is 11.8 Å². The molecule has 1 fully saturated rings. The smallest absolute Gasteiger partial charge is 0.123 e. The van der Waals surface area contributed by atoms with Crippen molar-refractivity contribution in [1.82, 2.24) is 4.98 Å². The normalized spacial score (nSPS) is 20.9. The molecule has 0 saturated heterocycles. The van der Waals surface area contributed by atoms with E-state index in [1.54, 1.807) is 12.1 Å². The monoisotopic (exact) mass is 337 g/mol. The van der Waals surface area contributed by atoms with Gasteiger partial charge in [-0.05, 0) is 92.7 Å². The van der Waals surface area contributed by atoms with Gasteiger partial charge in [-0.1, -0.05) is 25.1 Å². The van der Waals surface area contributed by atoms with Crippen LogP contribution in [0, 0.1) is 17.7 Å². The second kappa shape index (κ2) is 8.94. The number of pyridine rings is 1. The standard InChI is InChI=1S/C23H28FN/c1-2-3-4-18-5-7-19(8-6-18)9-10-20-11-16-23(25-17-20)21-12-14-22(24)15-13-21/h3-4,11-19H,2,5-10H2,1H3. The molecule has 0 bridgehead atoms. The predicted molar refractivity (Wildman–Crippen MR) is 103 cm³/mol. The lowest BCUT2D eigenvalue weighted by atomic mass is 9.79. The average molecular weight is 337 g/mol. The number of benzene rings is 1. The van der Waals surface area contributed by atoms with Crippen molar-refractivity contribution in [3.05, 3.63) is 66.1 Å². The molecular formula is C23H28FN. The fourth-order valence-corrected chi connectivity index (χ4v) is 3.73. The molecule has 1 aliphatic carbocycles. The van der Waals surface area contributed by atoms with E-state index in [-0.39, 0.29) is 5.82 Å². The number of rotatable bonds is 6. The number of allylic oxidation sites excluding steroid dienone is 2. The summed E-state index contributed by atoms with van der Waals surface area (Å²) >= 11 is 0. The van der Waals surface area contributed by atoms with Crippen LogP contribution in [0.5, 0.6) is 0 Å². The lowest BCUT2D eigenvalue weighted by Gasteiger charge is -2.26. The van der Waals surface area contributed by atoms with Crippen LogP contribution in [0.3, 0.4) is 0 Å². The Morgan fingerprint density at radius 1 is 1.04 bits per heavy atom. The zero-order valence-electron chi connectivity index (χ0n) is 15.1. The zero-order valence-corrected chi connectivity index (χ0v) is 15.1. The van der Waals surface area contributed by atoms with E-state index in [1.807, 2.05) is 6.20 Å². The highest BCUT2D eigenvalue weighted by Crippen LogP contribution is 2.32. The zero-order chi connectivity index (χ0) is 17.5. The highest BCUT2D eigenvalue weighted by atomic mass is 19.1. The summed E-state index contributed by atoms with van der Waals surface area (Å²) in [5.74, 6) is 1.47. The molecule has 0 spiro atoms. The fourth-order valence-electron chi connectivity index (χ4n) is 3.73. The van der Waals surface area contributed by atoms with Crippen LogP contribution in [0.1, 0.15) is 51.0 Å². The minimum Gasteiger partial charge on any atom is -0.256 e. The van der Waals surface area contributed by atoms with Crippen molar-refractivity contribution < 1.29 is 4.39 Å². The molecule has 0 N–H and O–H groups in total. The van der Waals surface area contributed by atoms with Crippen LogP contribution in [-0.4, -0.2) is 4.98 Å². The van der Waals surface area contributed by atoms with Gasteiger partial charge in [-0.15, -0.1) is 0 Å². The molecule has 1 aromatic heterocycles. The summed E-state index contributed by atoms with van der Waals surface area (Å²) in [6.07, 6.45) is 15.7. The average Bonchev–Trinajstić information content (AvgIpc) is 2.67. The first-order chi connectivity index (χ1) is 12.2. The molecule has 1 aliphatic rings. The number of hydrogen-bond acceptors (Lipinski definition) is 1. The lowest BCUT2D eigenvalue weighted by Crippen LogP contribution is -2.13. The van der Waals surface area contributed by atoms with Gasteiger partial charge in [0.2, 0.25) is 0 Å². The molecule has 132 valence electrons. The first kappa shape index (κ1) is 17.8. The Hall–Kier alpha value is -1.96. The van der Waals surface area contributed by atoms with Crippen LogP contribution in [-0.2, 0) is 6.42 Å². The van der Waals surface area contributed by atoms with Gasteiger partial charge in [-0.25, -0.2) is 4.39 Å². The Morgan fingerprint density at radius 2 is 1.80 bits per heavy atom. The summed E-state index contributed by atoms with van der Waals surface area (Å²) in [4.78, 5) is 4.56. The van der Waals surface area contributed by atoms with Gasteiger partial charge in [-0.3, -0.25) is 4.98 Å². The van der Waals surface area contributed by atoms with Crippen molar-refractivity contribution in [1.29, 1.82) is 0 Å². The maximum absolute atomic E-state index is 13.0. The molecule has 1 saturated carbocycles. The molecule has 1 heterocycles. The predicted octanol–water partition coefficient (Wildman–Crippen LogP) is 6.59. The van der Waals surface area contributed by atoms with E-state index < -0.39 is 0 Å². The Kier molecular flexibility index (Phi) is 6.38. The number of hydrogen-bond donors (Lipinski definition) is 0. The van der Waals surface area contributed by atoms with Crippen molar-refractivity contribution in [3.8, 4) is 11.3 Å². The summed E-state index contributed by atoms with van der Waals surface area (Å²) in [7, 11) is 0. The molecule has 0 unspecified atom stereocenters. The van der Waals surface area contributed by atoms with Crippen molar-refractivity contribution >= 4 is 0 Å². The number of aromatic nitrogens is 1. The van der Waals surface area contributed by atoms with Gasteiger partial charge in [0.15, 0.2) is 0 Å². The van der Waals surface area contributed by atoms with Crippen LogP contribution in [0.2, 0.25) is 0 Å². The molecule has 3 rings (SSSR count). The van der Waals surface area contributed by atoms with Gasteiger partial charge in [0.05, 0.1) is 5.69 Å². The minimum absolute atomic E-state index is 0.208. The molecule has 2 heteroatoms. The highest BCUT2D eigenvalue weighted by molar-refractivity contribution is 5.58. The summed E-state index contributed by atoms with van der Waals surface area (Å²) in [5, 5.41) is 0. The van der Waals surface area contributed by atoms with Crippen LogP contribution in [0.25, 0.3) is 11.3 Å². The summed E-state index contributed by atoms with van der Waals surface area (Å²) < 4.78 is 13.0. The van der Waals surface area contributed by atoms with Gasteiger partial charge in [0.25, 0.3) is 0 Å². The summed E-state index contributed by atoms with van der Waals surface area (Å²) in [6.45, 7) is 2.21. The van der Waals surface area contributed by atoms with Crippen LogP contribution >= 0.6 is 0 Å². The molecule has 25 heavy (non-hydrogen) atoms. The van der Waals surface area contributed by atoms with E-state index in [0.29, 0.717) is 0 Å². The second-order valence-corrected chi connectivity index (χ2v) is 7.21. The highest BCUT2D eigenvalue weighted by Gasteiger charge is 2.19. The van der Waals surface area contributed by atoms with Crippen molar-refractivity contribution in [2.45, 2.75) is 51.9 Å². The van der Waals surface area contributed by atoms with Gasteiger partial charge in [-0.2, -0.15) is 0 Å². The Labute approximate surface area is 151 Å². The van der Waals surface area contributed by atoms with E-state index in [2.05, 4.69) is 36.2 Å². The summed E-state index contributed by atoms with van der Waals surface area (Å²) in [6, 6.07) is 10.7. The fraction of sp³-hybridized carbons (Fsp3) is 0.435. The molecule has 1 aromatic carbocycles. The maximum atomic E-state index is 13.0. The van der Waals surface area contributed by atoms with Crippen LogP contribution < -0.4 is 0 Å². The third kappa shape index (κ3) is 5.26. The van der Waals surface area contributed by atoms with Crippen LogP contribution in [0.15, 0.2) is 54.7 Å². The quantitative estimate of drug-likeness (QED) is 0.542. The van der Waals surface area contributed by atoms with E-state index >= 15 is 0 Å². The largest absolute Gasteiger partial charge is 0.256 e. The van der Waals surface area contributed by atoms with Crippen molar-refractivity contribution in [2.24, 2.45) is 11.8 Å². The SMILES string of the molecule is CCC=CC1CCC(CCc2ccc(-c3ccc(F)cc3)nc2)CC1. The van der Waals surface area contributed by atoms with E-state index in [9.17, 15) is 4.39 Å². The molecule has 1 nitrogen and oxygen atoms in total. The molecule has 2 aromatic rings. The second-order valence-electron chi connectivity index (χ2n) is 7.21. The van der Waals surface area contributed by atoms with E-state index in [1.165, 1.54) is 49.8 Å². The van der Waals surface area contributed by atoms with Crippen LogP contribution in [0.4, 0.5) is 4.39 Å². The molecular weight excluding hydrogens is 309 g/mol. The van der Waals surface area contributed by atoms with Gasteiger partial charge >= 0.3 is 0 Å². The minimum atomic E-state index is -0.208. The van der Waals surface area contributed by atoms with Crippen molar-refractivity contribution in [3.63, 3.8) is 0 Å². The van der Waals surface area contributed by atoms with E-state index in [4.69, 9.17) is 0 Å². The maximum Gasteiger partial charge on any atom is 0.123 e. The number of halogens is 1. The Bertz CT molecular complexity index is 664. The first-order valence-corrected chi connectivity index (χ1v) is 9.62. The first-order valence-electron chi connectivity index (χ1n) is 9.62. The molecule has 0 aliphatic heterocycles. The molecule has 0 radical (unpaired) electrons. The molecule has 0 amide bonds. The van der Waals surface area contributed by atoms with Crippen molar-refractivity contribution in [2.75, 3.05) is 0 Å². The number of nitrogens with zero attached hydrogens (tertiary/aromatic N) is 1. The lowest BCUT2D eigenvalue weighted by molar-refractivity contribution is 0.296. The number of aryl methyl sites for hydroxylation is 1.